The van der Waals surface area contributed by atoms with Crippen LogP contribution in [0.4, 0.5) is 0 Å². The third-order valence-electron chi connectivity index (χ3n) is 6.82. The maximum atomic E-state index is 2.65. The van der Waals surface area contributed by atoms with Gasteiger partial charge in [-0.3, -0.25) is 0 Å². The highest BCUT2D eigenvalue weighted by atomic mass is 15.4. The van der Waals surface area contributed by atoms with E-state index in [2.05, 4.69) is 43.0 Å². The molecule has 1 unspecified atom stereocenters. The first-order valence-electron chi connectivity index (χ1n) is 14.0. The van der Waals surface area contributed by atoms with Gasteiger partial charge in [0.05, 0.1) is 0 Å². The Hall–Kier alpha value is -0.660. The smallest absolute Gasteiger partial charge is 0.101 e. The van der Waals surface area contributed by atoms with Crippen molar-refractivity contribution in [2.45, 2.75) is 155 Å². The number of unbranched alkanes of at least 4 members (excludes halogenated alkanes) is 16. The van der Waals surface area contributed by atoms with Crippen LogP contribution in [0.15, 0.2) is 12.4 Å². The minimum Gasteiger partial charge on any atom is -0.356 e. The van der Waals surface area contributed by atoms with Gasteiger partial charge in [0, 0.05) is 25.5 Å². The molecule has 0 aromatic rings. The zero-order valence-corrected chi connectivity index (χ0v) is 21.2. The van der Waals surface area contributed by atoms with Gasteiger partial charge in [-0.2, -0.15) is 0 Å². The minimum atomic E-state index is 0.643. The molecule has 1 rings (SSSR count). The predicted octanol–water partition coefficient (Wildman–Crippen LogP) is 9.26. The van der Waals surface area contributed by atoms with Crippen LogP contribution in [0.25, 0.3) is 0 Å². The highest BCUT2D eigenvalue weighted by molar-refractivity contribution is 4.96. The fourth-order valence-electron chi connectivity index (χ4n) is 4.76. The molecule has 0 saturated heterocycles. The quantitative estimate of drug-likeness (QED) is 0.161. The third-order valence-corrected chi connectivity index (χ3v) is 6.82. The van der Waals surface area contributed by atoms with E-state index in [1.54, 1.807) is 0 Å². The van der Waals surface area contributed by atoms with Crippen LogP contribution < -0.4 is 0 Å². The summed E-state index contributed by atoms with van der Waals surface area (Å²) in [6.07, 6.45) is 33.6. The van der Waals surface area contributed by atoms with Crippen molar-refractivity contribution >= 4 is 0 Å². The van der Waals surface area contributed by atoms with Crippen molar-refractivity contribution in [1.29, 1.82) is 0 Å². The van der Waals surface area contributed by atoms with Gasteiger partial charge in [-0.05, 0) is 25.7 Å². The molecule has 0 fully saturated rings. The summed E-state index contributed by atoms with van der Waals surface area (Å²) in [7, 11) is 0. The number of rotatable bonds is 22. The molecule has 0 aromatic carbocycles. The number of nitrogens with zero attached hydrogens (tertiary/aromatic N) is 2. The molecule has 0 aliphatic carbocycles. The zero-order chi connectivity index (χ0) is 21.7. The first kappa shape index (κ1) is 27.4. The van der Waals surface area contributed by atoms with Gasteiger partial charge in [-0.25, -0.2) is 0 Å². The maximum Gasteiger partial charge on any atom is 0.101 e. The molecule has 0 amide bonds. The van der Waals surface area contributed by atoms with E-state index in [0.717, 1.165) is 0 Å². The molecule has 2 nitrogen and oxygen atoms in total. The van der Waals surface area contributed by atoms with Crippen molar-refractivity contribution < 1.29 is 0 Å². The lowest BCUT2D eigenvalue weighted by atomic mass is 10.0. The number of hydrogen-bond acceptors (Lipinski definition) is 2. The van der Waals surface area contributed by atoms with Gasteiger partial charge in [0.1, 0.15) is 6.17 Å². The summed E-state index contributed by atoms with van der Waals surface area (Å²) in [5, 5.41) is 0. The monoisotopic (exact) mass is 420 g/mol. The van der Waals surface area contributed by atoms with Gasteiger partial charge < -0.3 is 9.80 Å². The van der Waals surface area contributed by atoms with Crippen LogP contribution in [0.2, 0.25) is 0 Å². The number of hydrogen-bond donors (Lipinski definition) is 0. The lowest BCUT2D eigenvalue weighted by Crippen LogP contribution is -2.39. The Bertz CT molecular complexity index is 379. The van der Waals surface area contributed by atoms with Crippen molar-refractivity contribution in [1.82, 2.24) is 9.80 Å². The summed E-state index contributed by atoms with van der Waals surface area (Å²) in [5.74, 6) is 0. The average Bonchev–Trinajstić information content (AvgIpc) is 3.14. The van der Waals surface area contributed by atoms with Crippen molar-refractivity contribution in [3.63, 3.8) is 0 Å². The molecule has 0 saturated carbocycles. The summed E-state index contributed by atoms with van der Waals surface area (Å²) in [5.41, 5.74) is 0. The summed E-state index contributed by atoms with van der Waals surface area (Å²) in [6, 6.07) is 0. The van der Waals surface area contributed by atoms with E-state index in [1.807, 2.05) is 0 Å². The Morgan fingerprint density at radius 3 is 1.17 bits per heavy atom. The second-order valence-electron chi connectivity index (χ2n) is 9.70. The molecule has 30 heavy (non-hydrogen) atoms. The predicted molar refractivity (Wildman–Crippen MR) is 136 cm³/mol. The van der Waals surface area contributed by atoms with E-state index in [1.165, 1.54) is 142 Å². The van der Waals surface area contributed by atoms with Crippen molar-refractivity contribution in [3.05, 3.63) is 12.4 Å². The molecule has 2 heteroatoms. The van der Waals surface area contributed by atoms with Crippen molar-refractivity contribution in [2.24, 2.45) is 0 Å². The SMILES string of the molecule is CCCCCCCCCCCCCCCN1C=CN(CCCCCC)C1CCCC. The molecular weight excluding hydrogens is 364 g/mol. The normalized spacial score (nSPS) is 16.2. The largest absolute Gasteiger partial charge is 0.356 e. The highest BCUT2D eigenvalue weighted by Gasteiger charge is 2.24. The zero-order valence-electron chi connectivity index (χ0n) is 21.2. The lowest BCUT2D eigenvalue weighted by molar-refractivity contribution is 0.136. The molecule has 178 valence electrons. The Labute approximate surface area is 190 Å². The van der Waals surface area contributed by atoms with E-state index < -0.39 is 0 Å². The van der Waals surface area contributed by atoms with E-state index in [0.29, 0.717) is 6.17 Å². The second-order valence-corrected chi connectivity index (χ2v) is 9.70. The van der Waals surface area contributed by atoms with Crippen LogP contribution in [0, 0.1) is 0 Å². The average molecular weight is 421 g/mol. The molecule has 0 radical (unpaired) electrons. The summed E-state index contributed by atoms with van der Waals surface area (Å²) in [4.78, 5) is 5.28. The van der Waals surface area contributed by atoms with Gasteiger partial charge >= 0.3 is 0 Å². The van der Waals surface area contributed by atoms with Gasteiger partial charge in [0.2, 0.25) is 0 Å². The standard InChI is InChI=1S/C28H56N2/c1-4-7-10-12-13-14-15-16-17-18-19-20-22-25-30-27-26-29(24-21-11-8-5-2)28(30)23-9-6-3/h26-28H,4-25H2,1-3H3. The van der Waals surface area contributed by atoms with Crippen LogP contribution >= 0.6 is 0 Å². The Morgan fingerprint density at radius 1 is 0.433 bits per heavy atom. The topological polar surface area (TPSA) is 6.48 Å². The Kier molecular flexibility index (Phi) is 18.5. The summed E-state index contributed by atoms with van der Waals surface area (Å²) < 4.78 is 0. The van der Waals surface area contributed by atoms with Gasteiger partial charge in [0.15, 0.2) is 0 Å². The van der Waals surface area contributed by atoms with Crippen LogP contribution in [0.3, 0.4) is 0 Å². The lowest BCUT2D eigenvalue weighted by Gasteiger charge is -2.33. The van der Waals surface area contributed by atoms with Crippen LogP contribution in [-0.4, -0.2) is 29.1 Å². The highest BCUT2D eigenvalue weighted by Crippen LogP contribution is 2.23. The molecular formula is C28H56N2. The molecule has 0 aromatic heterocycles. The molecule has 0 N–H and O–H groups in total. The fourth-order valence-corrected chi connectivity index (χ4v) is 4.76. The molecule has 0 spiro atoms. The van der Waals surface area contributed by atoms with E-state index in [-0.39, 0.29) is 0 Å². The van der Waals surface area contributed by atoms with E-state index in [4.69, 9.17) is 0 Å². The van der Waals surface area contributed by atoms with E-state index in [9.17, 15) is 0 Å². The molecule has 1 aliphatic rings. The van der Waals surface area contributed by atoms with Crippen LogP contribution in [-0.2, 0) is 0 Å². The molecule has 1 aliphatic heterocycles. The molecule has 1 heterocycles. The maximum absolute atomic E-state index is 2.65. The molecule has 0 bridgehead atoms. The molecule has 1 atom stereocenters. The van der Waals surface area contributed by atoms with Crippen molar-refractivity contribution in [2.75, 3.05) is 13.1 Å². The van der Waals surface area contributed by atoms with Crippen molar-refractivity contribution in [3.8, 4) is 0 Å². The minimum absolute atomic E-state index is 0.643. The van der Waals surface area contributed by atoms with Crippen LogP contribution in [0.5, 0.6) is 0 Å². The Morgan fingerprint density at radius 2 is 0.767 bits per heavy atom. The summed E-state index contributed by atoms with van der Waals surface area (Å²) in [6.45, 7) is 9.44. The van der Waals surface area contributed by atoms with Gasteiger partial charge in [-0.15, -0.1) is 0 Å². The third kappa shape index (κ3) is 13.6. The Balaban J connectivity index is 2.04. The summed E-state index contributed by atoms with van der Waals surface area (Å²) >= 11 is 0. The van der Waals surface area contributed by atoms with Gasteiger partial charge in [0.25, 0.3) is 0 Å². The van der Waals surface area contributed by atoms with Gasteiger partial charge in [-0.1, -0.05) is 124 Å². The fraction of sp³-hybridized carbons (Fsp3) is 0.929. The van der Waals surface area contributed by atoms with E-state index >= 15 is 0 Å². The first-order chi connectivity index (χ1) is 14.8. The second kappa shape index (κ2) is 20.3. The first-order valence-corrected chi connectivity index (χ1v) is 14.0. The van der Waals surface area contributed by atoms with Crippen LogP contribution in [0.1, 0.15) is 149 Å².